The first kappa shape index (κ1) is 20.4. The number of nitro benzene ring substituents is 1. The van der Waals surface area contributed by atoms with Gasteiger partial charge in [-0.05, 0) is 36.0 Å². The van der Waals surface area contributed by atoms with E-state index in [1.807, 2.05) is 36.6 Å². The summed E-state index contributed by atoms with van der Waals surface area (Å²) in [5.41, 5.74) is 1.44. The van der Waals surface area contributed by atoms with Crippen molar-refractivity contribution >= 4 is 29.3 Å². The van der Waals surface area contributed by atoms with Gasteiger partial charge < -0.3 is 10.4 Å². The van der Waals surface area contributed by atoms with Gasteiger partial charge in [0, 0.05) is 17.7 Å². The summed E-state index contributed by atoms with van der Waals surface area (Å²) in [5, 5.41) is 22.9. The van der Waals surface area contributed by atoms with Gasteiger partial charge in [-0.3, -0.25) is 14.9 Å². The Bertz CT molecular complexity index is 826. The van der Waals surface area contributed by atoms with E-state index in [1.165, 1.54) is 30.0 Å². The molecule has 2 N–H and O–H groups in total. The van der Waals surface area contributed by atoms with Crippen molar-refractivity contribution in [2.75, 3.05) is 12.0 Å². The van der Waals surface area contributed by atoms with E-state index in [0.29, 0.717) is 17.7 Å². The first-order valence-corrected chi connectivity index (χ1v) is 9.65. The second kappa shape index (κ2) is 9.72. The molecule has 0 aliphatic carbocycles. The van der Waals surface area contributed by atoms with E-state index in [2.05, 4.69) is 5.32 Å². The minimum atomic E-state index is -1.13. The highest BCUT2D eigenvalue weighted by Gasteiger charge is 2.23. The van der Waals surface area contributed by atoms with Crippen molar-refractivity contribution in [3.63, 3.8) is 0 Å². The SMILES string of the molecule is CSCCC(NC(=O)c1cc([N+](=O)[O-])ccc1Cc1ccccc1)C(=O)O. The summed E-state index contributed by atoms with van der Waals surface area (Å²) in [6.07, 6.45) is 2.52. The number of nitro groups is 1. The zero-order chi connectivity index (χ0) is 19.8. The van der Waals surface area contributed by atoms with Crippen molar-refractivity contribution in [1.29, 1.82) is 0 Å². The maximum absolute atomic E-state index is 12.7. The minimum absolute atomic E-state index is 0.114. The third-order valence-corrected chi connectivity index (χ3v) is 4.64. The van der Waals surface area contributed by atoms with E-state index >= 15 is 0 Å². The molecule has 1 unspecified atom stereocenters. The molecule has 0 saturated heterocycles. The Morgan fingerprint density at radius 3 is 2.52 bits per heavy atom. The molecule has 0 aliphatic heterocycles. The number of thioether (sulfide) groups is 1. The average Bonchev–Trinajstić information content (AvgIpc) is 2.65. The normalized spacial score (nSPS) is 11.6. The topological polar surface area (TPSA) is 110 Å². The number of carboxylic acid groups (broad SMARTS) is 1. The summed E-state index contributed by atoms with van der Waals surface area (Å²) in [5.74, 6) is -1.19. The minimum Gasteiger partial charge on any atom is -0.480 e. The van der Waals surface area contributed by atoms with Gasteiger partial charge in [-0.25, -0.2) is 4.79 Å². The lowest BCUT2D eigenvalue weighted by molar-refractivity contribution is -0.384. The Morgan fingerprint density at radius 1 is 1.22 bits per heavy atom. The van der Waals surface area contributed by atoms with Crippen LogP contribution in [0.3, 0.4) is 0 Å². The van der Waals surface area contributed by atoms with Crippen molar-refractivity contribution in [2.24, 2.45) is 0 Å². The number of nitrogens with zero attached hydrogens (tertiary/aromatic N) is 1. The van der Waals surface area contributed by atoms with E-state index in [1.54, 1.807) is 0 Å². The molecule has 1 atom stereocenters. The number of non-ortho nitro benzene ring substituents is 1. The third kappa shape index (κ3) is 5.82. The van der Waals surface area contributed by atoms with Gasteiger partial charge in [-0.1, -0.05) is 36.4 Å². The maximum Gasteiger partial charge on any atom is 0.326 e. The molecular formula is C19H20N2O5S. The van der Waals surface area contributed by atoms with E-state index in [-0.39, 0.29) is 17.7 Å². The summed E-state index contributed by atoms with van der Waals surface area (Å²) in [6.45, 7) is 0. The van der Waals surface area contributed by atoms with E-state index < -0.39 is 22.8 Å². The zero-order valence-corrected chi connectivity index (χ0v) is 15.6. The fraction of sp³-hybridized carbons (Fsp3) is 0.263. The summed E-state index contributed by atoms with van der Waals surface area (Å²) >= 11 is 1.48. The highest BCUT2D eigenvalue weighted by molar-refractivity contribution is 7.98. The lowest BCUT2D eigenvalue weighted by Crippen LogP contribution is -2.41. The molecule has 7 nitrogen and oxygen atoms in total. The van der Waals surface area contributed by atoms with Gasteiger partial charge in [0.25, 0.3) is 11.6 Å². The van der Waals surface area contributed by atoms with Crippen molar-refractivity contribution in [1.82, 2.24) is 5.32 Å². The number of hydrogen-bond donors (Lipinski definition) is 2. The molecule has 0 saturated carbocycles. The molecule has 0 aliphatic rings. The summed E-state index contributed by atoms with van der Waals surface area (Å²) < 4.78 is 0. The molecule has 2 aromatic rings. The van der Waals surface area contributed by atoms with Crippen LogP contribution in [0.4, 0.5) is 5.69 Å². The molecule has 0 heterocycles. The van der Waals surface area contributed by atoms with Gasteiger partial charge in [0.05, 0.1) is 4.92 Å². The van der Waals surface area contributed by atoms with Gasteiger partial charge in [0.15, 0.2) is 0 Å². The number of benzene rings is 2. The zero-order valence-electron chi connectivity index (χ0n) is 14.8. The molecule has 8 heteroatoms. The van der Waals surface area contributed by atoms with Crippen LogP contribution < -0.4 is 5.32 Å². The monoisotopic (exact) mass is 388 g/mol. The largest absolute Gasteiger partial charge is 0.480 e. The number of rotatable bonds is 9. The lowest BCUT2D eigenvalue weighted by Gasteiger charge is -2.16. The van der Waals surface area contributed by atoms with Crippen LogP contribution in [-0.4, -0.2) is 40.0 Å². The van der Waals surface area contributed by atoms with Crippen LogP contribution in [0.25, 0.3) is 0 Å². The van der Waals surface area contributed by atoms with Crippen molar-refractivity contribution in [2.45, 2.75) is 18.9 Å². The van der Waals surface area contributed by atoms with E-state index in [9.17, 15) is 24.8 Å². The quantitative estimate of drug-likeness (QED) is 0.504. The van der Waals surface area contributed by atoms with Crippen LogP contribution in [-0.2, 0) is 11.2 Å². The molecule has 27 heavy (non-hydrogen) atoms. The molecule has 0 fully saturated rings. The predicted octanol–water partition coefficient (Wildman–Crippen LogP) is 3.12. The molecule has 2 aromatic carbocycles. The Labute approximate surface area is 160 Å². The van der Waals surface area contributed by atoms with Crippen molar-refractivity contribution < 1.29 is 19.6 Å². The number of carboxylic acids is 1. The average molecular weight is 388 g/mol. The Balaban J connectivity index is 2.32. The highest BCUT2D eigenvalue weighted by Crippen LogP contribution is 2.21. The van der Waals surface area contributed by atoms with Crippen LogP contribution in [0.5, 0.6) is 0 Å². The second-order valence-electron chi connectivity index (χ2n) is 5.91. The van der Waals surface area contributed by atoms with Gasteiger partial charge >= 0.3 is 5.97 Å². The van der Waals surface area contributed by atoms with Crippen LogP contribution >= 0.6 is 11.8 Å². The Morgan fingerprint density at radius 2 is 1.93 bits per heavy atom. The lowest BCUT2D eigenvalue weighted by atomic mass is 9.98. The van der Waals surface area contributed by atoms with E-state index in [4.69, 9.17) is 0 Å². The number of carbonyl (C=O) groups is 2. The first-order chi connectivity index (χ1) is 12.9. The first-order valence-electron chi connectivity index (χ1n) is 8.26. The number of aliphatic carboxylic acids is 1. The maximum atomic E-state index is 12.7. The molecule has 142 valence electrons. The standard InChI is InChI=1S/C19H20N2O5S/c1-27-10-9-17(19(23)24)20-18(22)16-12-15(21(25)26)8-7-14(16)11-13-5-3-2-4-6-13/h2-8,12,17H,9-11H2,1H3,(H,20,22)(H,23,24). The van der Waals surface area contributed by atoms with Crippen molar-refractivity contribution in [3.05, 3.63) is 75.3 Å². The number of nitrogens with one attached hydrogen (secondary N) is 1. The van der Waals surface area contributed by atoms with Crippen LogP contribution in [0.15, 0.2) is 48.5 Å². The van der Waals surface area contributed by atoms with Crippen LogP contribution in [0, 0.1) is 10.1 Å². The summed E-state index contributed by atoms with van der Waals surface area (Å²) in [4.78, 5) is 34.6. The molecule has 2 rings (SSSR count). The van der Waals surface area contributed by atoms with Gasteiger partial charge in [0.1, 0.15) is 6.04 Å². The highest BCUT2D eigenvalue weighted by atomic mass is 32.2. The van der Waals surface area contributed by atoms with Gasteiger partial charge in [0.2, 0.25) is 0 Å². The Kier molecular flexibility index (Phi) is 7.36. The summed E-state index contributed by atoms with van der Waals surface area (Å²) in [7, 11) is 0. The van der Waals surface area contributed by atoms with Crippen LogP contribution in [0.2, 0.25) is 0 Å². The fourth-order valence-electron chi connectivity index (χ4n) is 2.59. The number of amides is 1. The van der Waals surface area contributed by atoms with Gasteiger partial charge in [-0.15, -0.1) is 0 Å². The second-order valence-corrected chi connectivity index (χ2v) is 6.89. The predicted molar refractivity (Wildman–Crippen MR) is 104 cm³/mol. The fourth-order valence-corrected chi connectivity index (χ4v) is 3.06. The van der Waals surface area contributed by atoms with E-state index in [0.717, 1.165) is 5.56 Å². The molecule has 0 bridgehead atoms. The summed E-state index contributed by atoms with van der Waals surface area (Å²) in [6, 6.07) is 12.4. The smallest absolute Gasteiger partial charge is 0.326 e. The van der Waals surface area contributed by atoms with Crippen LogP contribution in [0.1, 0.15) is 27.9 Å². The van der Waals surface area contributed by atoms with Gasteiger partial charge in [-0.2, -0.15) is 11.8 Å². The number of carbonyl (C=O) groups excluding carboxylic acids is 1. The Hall–Kier alpha value is -2.87. The third-order valence-electron chi connectivity index (χ3n) is 4.00. The molecular weight excluding hydrogens is 368 g/mol. The van der Waals surface area contributed by atoms with Crippen molar-refractivity contribution in [3.8, 4) is 0 Å². The molecule has 1 amide bonds. The molecule has 0 spiro atoms. The molecule has 0 aromatic heterocycles. The number of hydrogen-bond acceptors (Lipinski definition) is 5. The molecule has 0 radical (unpaired) electrons.